The number of aromatic nitrogens is 1. The van der Waals surface area contributed by atoms with Gasteiger partial charge >= 0.3 is 0 Å². The van der Waals surface area contributed by atoms with E-state index in [1.807, 2.05) is 12.3 Å². The van der Waals surface area contributed by atoms with Crippen molar-refractivity contribution < 1.29 is 5.11 Å². The quantitative estimate of drug-likeness (QED) is 0.645. The van der Waals surface area contributed by atoms with Gasteiger partial charge in [-0.1, -0.05) is 12.1 Å². The minimum absolute atomic E-state index is 0.0357. The summed E-state index contributed by atoms with van der Waals surface area (Å²) in [4.78, 5) is 3.24. The first-order valence-electron chi connectivity index (χ1n) is 5.19. The van der Waals surface area contributed by atoms with Crippen molar-refractivity contribution in [2.45, 2.75) is 18.4 Å². The number of H-pyrrole nitrogens is 1. The van der Waals surface area contributed by atoms with Gasteiger partial charge in [0.1, 0.15) is 0 Å². The minimum Gasteiger partial charge on any atom is -0.394 e. The molecule has 1 aromatic carbocycles. The predicted octanol–water partition coefficient (Wildman–Crippen LogP) is 0.956. The zero-order chi connectivity index (χ0) is 10.5. The predicted molar refractivity (Wildman–Crippen MR) is 59.7 cm³/mol. The molecule has 0 spiro atoms. The van der Waals surface area contributed by atoms with Gasteiger partial charge in [-0.15, -0.1) is 0 Å². The van der Waals surface area contributed by atoms with Gasteiger partial charge in [0.15, 0.2) is 0 Å². The van der Waals surface area contributed by atoms with Crippen LogP contribution in [0.15, 0.2) is 24.4 Å². The average Bonchev–Trinajstić information content (AvgIpc) is 2.63. The van der Waals surface area contributed by atoms with Crippen LogP contribution in [0.2, 0.25) is 0 Å². The highest BCUT2D eigenvalue weighted by molar-refractivity contribution is 5.87. The van der Waals surface area contributed by atoms with Gasteiger partial charge in [0, 0.05) is 22.6 Å². The third kappa shape index (κ3) is 1.20. The third-order valence-corrected chi connectivity index (χ3v) is 3.27. The van der Waals surface area contributed by atoms with Gasteiger partial charge in [0.2, 0.25) is 0 Å². The molecule has 1 aliphatic carbocycles. The topological polar surface area (TPSA) is 62.0 Å². The van der Waals surface area contributed by atoms with E-state index in [-0.39, 0.29) is 6.61 Å². The highest BCUT2D eigenvalue weighted by Gasteiger charge is 2.31. The Morgan fingerprint density at radius 1 is 1.33 bits per heavy atom. The second kappa shape index (κ2) is 2.84. The summed E-state index contributed by atoms with van der Waals surface area (Å²) in [5.74, 6) is 0. The average molecular weight is 202 g/mol. The van der Waals surface area contributed by atoms with Crippen LogP contribution < -0.4 is 5.73 Å². The van der Waals surface area contributed by atoms with Crippen molar-refractivity contribution in [1.82, 2.24) is 4.98 Å². The molecule has 4 N–H and O–H groups in total. The van der Waals surface area contributed by atoms with E-state index in [1.165, 1.54) is 22.0 Å². The monoisotopic (exact) mass is 202 g/mol. The van der Waals surface area contributed by atoms with Crippen LogP contribution in [0, 0.1) is 0 Å². The first-order chi connectivity index (χ1) is 7.22. The fraction of sp³-hybridized carbons (Fsp3) is 0.333. The summed E-state index contributed by atoms with van der Waals surface area (Å²) in [7, 11) is 0. The molecule has 1 unspecified atom stereocenters. The Morgan fingerprint density at radius 2 is 2.13 bits per heavy atom. The van der Waals surface area contributed by atoms with Crippen LogP contribution in [0.3, 0.4) is 0 Å². The van der Waals surface area contributed by atoms with E-state index in [9.17, 15) is 5.11 Å². The Bertz CT molecular complexity index is 517. The molecule has 1 atom stereocenters. The van der Waals surface area contributed by atoms with E-state index >= 15 is 0 Å². The Hall–Kier alpha value is -1.32. The van der Waals surface area contributed by atoms with Gasteiger partial charge in [-0.2, -0.15) is 0 Å². The fourth-order valence-electron chi connectivity index (χ4n) is 2.56. The number of hydrogen-bond donors (Lipinski definition) is 3. The molecule has 3 nitrogen and oxygen atoms in total. The maximum atomic E-state index is 9.33. The maximum Gasteiger partial charge on any atom is 0.0617 e. The maximum absolute atomic E-state index is 9.33. The van der Waals surface area contributed by atoms with Gasteiger partial charge in [0.05, 0.1) is 6.61 Å². The largest absolute Gasteiger partial charge is 0.394 e. The molecule has 0 amide bonds. The molecule has 1 aromatic heterocycles. The minimum atomic E-state index is -0.483. The SMILES string of the molecule is NC1(CO)Cc2cccc3[nH]cc(c23)C1. The van der Waals surface area contributed by atoms with Crippen LogP contribution in [0.4, 0.5) is 0 Å². The lowest BCUT2D eigenvalue weighted by Crippen LogP contribution is -2.49. The first kappa shape index (κ1) is 8.95. The number of rotatable bonds is 1. The lowest BCUT2D eigenvalue weighted by atomic mass is 9.80. The van der Waals surface area contributed by atoms with Gasteiger partial charge in [-0.25, -0.2) is 0 Å². The summed E-state index contributed by atoms with van der Waals surface area (Å²) in [5, 5.41) is 10.6. The summed E-state index contributed by atoms with van der Waals surface area (Å²) in [6.07, 6.45) is 3.51. The summed E-state index contributed by atoms with van der Waals surface area (Å²) < 4.78 is 0. The Kier molecular flexibility index (Phi) is 1.69. The molecule has 3 heteroatoms. The molecule has 0 bridgehead atoms. The van der Waals surface area contributed by atoms with Crippen LogP contribution in [0.5, 0.6) is 0 Å². The van der Waals surface area contributed by atoms with E-state index in [4.69, 9.17) is 5.73 Å². The summed E-state index contributed by atoms with van der Waals surface area (Å²) in [6, 6.07) is 6.20. The van der Waals surface area contributed by atoms with Crippen molar-refractivity contribution in [2.24, 2.45) is 5.73 Å². The number of aliphatic hydroxyl groups excluding tert-OH is 1. The van der Waals surface area contributed by atoms with E-state index in [2.05, 4.69) is 17.1 Å². The van der Waals surface area contributed by atoms with Crippen molar-refractivity contribution in [3.05, 3.63) is 35.5 Å². The van der Waals surface area contributed by atoms with Crippen LogP contribution in [0.1, 0.15) is 11.1 Å². The van der Waals surface area contributed by atoms with Crippen LogP contribution >= 0.6 is 0 Å². The third-order valence-electron chi connectivity index (χ3n) is 3.27. The van der Waals surface area contributed by atoms with E-state index in [1.54, 1.807) is 0 Å². The highest BCUT2D eigenvalue weighted by atomic mass is 16.3. The molecule has 2 aromatic rings. The second-order valence-electron chi connectivity index (χ2n) is 4.53. The molecule has 1 aliphatic rings. The molecule has 3 rings (SSSR count). The van der Waals surface area contributed by atoms with Gasteiger partial charge < -0.3 is 15.8 Å². The molecule has 0 saturated heterocycles. The first-order valence-corrected chi connectivity index (χ1v) is 5.19. The van der Waals surface area contributed by atoms with E-state index in [0.29, 0.717) is 0 Å². The molecule has 0 radical (unpaired) electrons. The normalized spacial score (nSPS) is 24.7. The standard InChI is InChI=1S/C12H14N2O/c13-12(7-15)4-8-2-1-3-10-11(8)9(5-12)6-14-10/h1-3,6,14-15H,4-5,7,13H2. The van der Waals surface area contributed by atoms with Crippen molar-refractivity contribution in [2.75, 3.05) is 6.61 Å². The number of benzene rings is 1. The molecule has 0 saturated carbocycles. The van der Waals surface area contributed by atoms with E-state index in [0.717, 1.165) is 12.8 Å². The molecule has 78 valence electrons. The molecule has 1 heterocycles. The van der Waals surface area contributed by atoms with Crippen LogP contribution in [0.25, 0.3) is 10.9 Å². The molecular formula is C12H14N2O. The number of nitrogens with two attached hydrogens (primary N) is 1. The smallest absolute Gasteiger partial charge is 0.0617 e. The van der Waals surface area contributed by atoms with Crippen molar-refractivity contribution in [1.29, 1.82) is 0 Å². The fourth-order valence-corrected chi connectivity index (χ4v) is 2.56. The highest BCUT2D eigenvalue weighted by Crippen LogP contribution is 2.32. The number of aromatic amines is 1. The summed E-state index contributed by atoms with van der Waals surface area (Å²) in [5.41, 5.74) is 9.30. The summed E-state index contributed by atoms with van der Waals surface area (Å²) >= 11 is 0. The molecule has 0 fully saturated rings. The molecular weight excluding hydrogens is 188 g/mol. The van der Waals surface area contributed by atoms with Crippen LogP contribution in [-0.2, 0) is 12.8 Å². The zero-order valence-corrected chi connectivity index (χ0v) is 8.46. The molecule has 15 heavy (non-hydrogen) atoms. The second-order valence-corrected chi connectivity index (χ2v) is 4.53. The van der Waals surface area contributed by atoms with E-state index < -0.39 is 5.54 Å². The Balaban J connectivity index is 2.24. The molecule has 0 aliphatic heterocycles. The number of aliphatic hydroxyl groups is 1. The van der Waals surface area contributed by atoms with Gasteiger partial charge in [-0.3, -0.25) is 0 Å². The Morgan fingerprint density at radius 3 is 2.93 bits per heavy atom. The number of nitrogens with one attached hydrogen (secondary N) is 1. The zero-order valence-electron chi connectivity index (χ0n) is 8.46. The lowest BCUT2D eigenvalue weighted by molar-refractivity contribution is 0.192. The van der Waals surface area contributed by atoms with Crippen LogP contribution in [-0.4, -0.2) is 22.2 Å². The number of hydrogen-bond acceptors (Lipinski definition) is 2. The lowest BCUT2D eigenvalue weighted by Gasteiger charge is -2.31. The van der Waals surface area contributed by atoms with Crippen molar-refractivity contribution in [3.8, 4) is 0 Å². The van der Waals surface area contributed by atoms with Gasteiger partial charge in [-0.05, 0) is 30.0 Å². The van der Waals surface area contributed by atoms with Crippen molar-refractivity contribution >= 4 is 10.9 Å². The summed E-state index contributed by atoms with van der Waals surface area (Å²) in [6.45, 7) is 0.0357. The van der Waals surface area contributed by atoms with Crippen molar-refractivity contribution in [3.63, 3.8) is 0 Å². The Labute approximate surface area is 87.9 Å². The van der Waals surface area contributed by atoms with Gasteiger partial charge in [0.25, 0.3) is 0 Å².